The van der Waals surface area contributed by atoms with Crippen LogP contribution in [-0.4, -0.2) is 30.4 Å². The Morgan fingerprint density at radius 3 is 1.81 bits per heavy atom. The number of unbranched alkanes of at least 4 members (excludes halogenated alkanes) is 1. The summed E-state index contributed by atoms with van der Waals surface area (Å²) in [6.45, 7) is 3.27. The van der Waals surface area contributed by atoms with Crippen LogP contribution in [0.15, 0.2) is 60.7 Å². The average Bonchev–Trinajstić information content (AvgIpc) is 2.60. The van der Waals surface area contributed by atoms with Crippen LogP contribution in [0, 0.1) is 0 Å². The van der Waals surface area contributed by atoms with Gasteiger partial charge in [-0.15, -0.1) is 24.8 Å². The van der Waals surface area contributed by atoms with Gasteiger partial charge in [0.05, 0.1) is 6.54 Å². The van der Waals surface area contributed by atoms with Gasteiger partial charge in [-0.2, -0.15) is 0 Å². The summed E-state index contributed by atoms with van der Waals surface area (Å²) in [5.41, 5.74) is 7.90. The normalized spacial score (nSPS) is 9.92. The number of hydrogen-bond acceptors (Lipinski definition) is 3. The first-order chi connectivity index (χ1) is 11.8. The van der Waals surface area contributed by atoms with Crippen molar-refractivity contribution in [2.45, 2.75) is 25.9 Å². The standard InChI is InChI=1S/C20H27N3O.2ClH/c21-13-7-8-14-22-20(24)17-23(15-18-9-3-1-4-10-18)16-19-11-5-2-6-12-19;;/h1-6,9-12H,7-8,13-17,21H2,(H,22,24);2*1H. The largest absolute Gasteiger partial charge is 0.355 e. The molecule has 0 radical (unpaired) electrons. The second kappa shape index (κ2) is 14.6. The summed E-state index contributed by atoms with van der Waals surface area (Å²) in [5.74, 6) is 0.0684. The minimum absolute atomic E-state index is 0. The number of rotatable bonds is 10. The van der Waals surface area contributed by atoms with Gasteiger partial charge < -0.3 is 11.1 Å². The van der Waals surface area contributed by atoms with Crippen LogP contribution in [0.25, 0.3) is 0 Å². The Morgan fingerprint density at radius 2 is 1.35 bits per heavy atom. The monoisotopic (exact) mass is 397 g/mol. The van der Waals surface area contributed by atoms with E-state index in [-0.39, 0.29) is 30.7 Å². The topological polar surface area (TPSA) is 58.4 Å². The van der Waals surface area contributed by atoms with Crippen LogP contribution in [0.3, 0.4) is 0 Å². The van der Waals surface area contributed by atoms with E-state index in [1.54, 1.807) is 0 Å². The highest BCUT2D eigenvalue weighted by molar-refractivity contribution is 5.85. The van der Waals surface area contributed by atoms with Crippen molar-refractivity contribution in [3.8, 4) is 0 Å². The third-order valence-electron chi connectivity index (χ3n) is 3.82. The number of carbonyl (C=O) groups excluding carboxylic acids is 1. The van der Waals surface area contributed by atoms with E-state index in [4.69, 9.17) is 5.73 Å². The summed E-state index contributed by atoms with van der Waals surface area (Å²) >= 11 is 0. The van der Waals surface area contributed by atoms with Crippen LogP contribution in [0.2, 0.25) is 0 Å². The lowest BCUT2D eigenvalue weighted by Gasteiger charge is -2.22. The van der Waals surface area contributed by atoms with E-state index >= 15 is 0 Å². The molecule has 0 atom stereocenters. The van der Waals surface area contributed by atoms with Crippen LogP contribution in [0.5, 0.6) is 0 Å². The van der Waals surface area contributed by atoms with Crippen molar-refractivity contribution in [3.05, 3.63) is 71.8 Å². The van der Waals surface area contributed by atoms with Crippen molar-refractivity contribution in [2.75, 3.05) is 19.6 Å². The second-order valence-corrected chi connectivity index (χ2v) is 5.96. The van der Waals surface area contributed by atoms with Gasteiger partial charge in [0.25, 0.3) is 0 Å². The smallest absolute Gasteiger partial charge is 0.234 e. The fourth-order valence-electron chi connectivity index (χ4n) is 2.61. The quantitative estimate of drug-likeness (QED) is 0.604. The fourth-order valence-corrected chi connectivity index (χ4v) is 2.61. The van der Waals surface area contributed by atoms with E-state index in [2.05, 4.69) is 34.5 Å². The predicted molar refractivity (Wildman–Crippen MR) is 113 cm³/mol. The van der Waals surface area contributed by atoms with E-state index in [1.165, 1.54) is 11.1 Å². The summed E-state index contributed by atoms with van der Waals surface area (Å²) in [6.07, 6.45) is 1.87. The first-order valence-corrected chi connectivity index (χ1v) is 8.55. The molecule has 0 aliphatic rings. The van der Waals surface area contributed by atoms with Crippen molar-refractivity contribution in [1.82, 2.24) is 10.2 Å². The minimum Gasteiger partial charge on any atom is -0.355 e. The molecule has 0 fully saturated rings. The van der Waals surface area contributed by atoms with Crippen LogP contribution >= 0.6 is 24.8 Å². The SMILES string of the molecule is Cl.Cl.NCCCCNC(=O)CN(Cc1ccccc1)Cc1ccccc1. The highest BCUT2D eigenvalue weighted by atomic mass is 35.5. The summed E-state index contributed by atoms with van der Waals surface area (Å²) in [7, 11) is 0. The molecule has 4 nitrogen and oxygen atoms in total. The molecule has 26 heavy (non-hydrogen) atoms. The zero-order valence-electron chi connectivity index (χ0n) is 15.0. The highest BCUT2D eigenvalue weighted by Crippen LogP contribution is 2.09. The number of nitrogens with one attached hydrogen (secondary N) is 1. The Morgan fingerprint density at radius 1 is 0.846 bits per heavy atom. The van der Waals surface area contributed by atoms with Crippen molar-refractivity contribution in [3.63, 3.8) is 0 Å². The van der Waals surface area contributed by atoms with E-state index in [9.17, 15) is 4.79 Å². The average molecular weight is 398 g/mol. The van der Waals surface area contributed by atoms with Crippen LogP contribution in [0.4, 0.5) is 0 Å². The third-order valence-corrected chi connectivity index (χ3v) is 3.82. The lowest BCUT2D eigenvalue weighted by molar-refractivity contribution is -0.122. The van der Waals surface area contributed by atoms with Gasteiger partial charge in [-0.05, 0) is 30.5 Å². The van der Waals surface area contributed by atoms with Gasteiger partial charge in [0, 0.05) is 19.6 Å². The Kier molecular flexibility index (Phi) is 13.7. The molecule has 2 aromatic rings. The van der Waals surface area contributed by atoms with Crippen molar-refractivity contribution in [2.24, 2.45) is 5.73 Å². The Hall–Kier alpha value is -1.59. The fraction of sp³-hybridized carbons (Fsp3) is 0.350. The molecule has 0 unspecified atom stereocenters. The number of benzene rings is 2. The number of halogens is 2. The zero-order valence-corrected chi connectivity index (χ0v) is 16.6. The molecule has 0 bridgehead atoms. The molecule has 0 aromatic heterocycles. The van der Waals surface area contributed by atoms with Gasteiger partial charge in [0.2, 0.25) is 5.91 Å². The van der Waals surface area contributed by atoms with Gasteiger partial charge in [-0.25, -0.2) is 0 Å². The summed E-state index contributed by atoms with van der Waals surface area (Å²) in [5, 5.41) is 2.98. The van der Waals surface area contributed by atoms with Gasteiger partial charge in [0.15, 0.2) is 0 Å². The van der Waals surface area contributed by atoms with Crippen LogP contribution in [0.1, 0.15) is 24.0 Å². The summed E-state index contributed by atoms with van der Waals surface area (Å²) in [6, 6.07) is 20.5. The lowest BCUT2D eigenvalue weighted by Crippen LogP contribution is -2.37. The maximum Gasteiger partial charge on any atom is 0.234 e. The minimum atomic E-state index is 0. The van der Waals surface area contributed by atoms with Crippen molar-refractivity contribution < 1.29 is 4.79 Å². The van der Waals surface area contributed by atoms with E-state index in [1.807, 2.05) is 36.4 Å². The predicted octanol–water partition coefficient (Wildman–Crippen LogP) is 3.39. The molecule has 1 amide bonds. The molecular formula is C20H29Cl2N3O. The molecule has 0 heterocycles. The number of hydrogen-bond donors (Lipinski definition) is 2. The molecule has 0 aliphatic heterocycles. The Labute approximate surface area is 169 Å². The van der Waals surface area contributed by atoms with Crippen molar-refractivity contribution >= 4 is 30.7 Å². The molecule has 0 aliphatic carbocycles. The molecule has 6 heteroatoms. The Bertz CT molecular complexity index is 555. The van der Waals surface area contributed by atoms with Gasteiger partial charge in [0.1, 0.15) is 0 Å². The molecule has 0 saturated carbocycles. The molecule has 0 saturated heterocycles. The summed E-state index contributed by atoms with van der Waals surface area (Å²) in [4.78, 5) is 14.4. The maximum absolute atomic E-state index is 12.2. The van der Waals surface area contributed by atoms with E-state index in [0.29, 0.717) is 19.6 Å². The first-order valence-electron chi connectivity index (χ1n) is 8.55. The third kappa shape index (κ3) is 9.78. The van der Waals surface area contributed by atoms with Crippen LogP contribution in [-0.2, 0) is 17.9 Å². The van der Waals surface area contributed by atoms with Crippen LogP contribution < -0.4 is 11.1 Å². The van der Waals surface area contributed by atoms with Gasteiger partial charge in [-0.3, -0.25) is 9.69 Å². The molecular weight excluding hydrogens is 369 g/mol. The van der Waals surface area contributed by atoms with E-state index in [0.717, 1.165) is 25.9 Å². The first kappa shape index (κ1) is 24.4. The second-order valence-electron chi connectivity index (χ2n) is 5.96. The lowest BCUT2D eigenvalue weighted by atomic mass is 10.1. The highest BCUT2D eigenvalue weighted by Gasteiger charge is 2.11. The molecule has 144 valence electrons. The number of nitrogens with zero attached hydrogens (tertiary/aromatic N) is 1. The molecule has 0 spiro atoms. The number of nitrogens with two attached hydrogens (primary N) is 1. The van der Waals surface area contributed by atoms with Gasteiger partial charge >= 0.3 is 0 Å². The zero-order chi connectivity index (χ0) is 17.0. The number of amides is 1. The maximum atomic E-state index is 12.2. The van der Waals surface area contributed by atoms with E-state index < -0.39 is 0 Å². The Balaban J connectivity index is 0.00000312. The number of carbonyl (C=O) groups is 1. The molecule has 2 aromatic carbocycles. The summed E-state index contributed by atoms with van der Waals surface area (Å²) < 4.78 is 0. The molecule has 3 N–H and O–H groups in total. The van der Waals surface area contributed by atoms with Gasteiger partial charge in [-0.1, -0.05) is 60.7 Å². The van der Waals surface area contributed by atoms with Crippen molar-refractivity contribution in [1.29, 1.82) is 0 Å². The molecule has 2 rings (SSSR count).